The molecule has 14 heavy (non-hydrogen) atoms. The highest BCUT2D eigenvalue weighted by atomic mass is 19.1. The fourth-order valence-corrected chi connectivity index (χ4v) is 1.63. The monoisotopic (exact) mass is 192 g/mol. The number of aryl methyl sites for hydroxylation is 1. The van der Waals surface area contributed by atoms with Crippen LogP contribution in [0.4, 0.5) is 4.39 Å². The first-order valence-corrected chi connectivity index (χ1v) is 4.70. The summed E-state index contributed by atoms with van der Waals surface area (Å²) in [7, 11) is 1.82. The predicted octanol–water partition coefficient (Wildman–Crippen LogP) is 2.84. The Bertz CT molecular complexity index is 471. The summed E-state index contributed by atoms with van der Waals surface area (Å²) in [6, 6.07) is 3.43. The smallest absolute Gasteiger partial charge is 0.128 e. The average Bonchev–Trinajstić information content (AvgIpc) is 2.46. The maximum Gasteiger partial charge on any atom is 0.128 e. The summed E-state index contributed by atoms with van der Waals surface area (Å²) in [4.78, 5) is 0. The Kier molecular flexibility index (Phi) is 2.02. The maximum absolute atomic E-state index is 13.6. The second-order valence-corrected chi connectivity index (χ2v) is 3.86. The predicted molar refractivity (Wildman–Crippen MR) is 54.8 cm³/mol. The second kappa shape index (κ2) is 3.08. The molecule has 0 aliphatic carbocycles. The molecule has 1 aromatic carbocycles. The van der Waals surface area contributed by atoms with Crippen molar-refractivity contribution in [3.05, 3.63) is 29.7 Å². The van der Waals surface area contributed by atoms with Gasteiger partial charge in [-0.15, -0.1) is 0 Å². The second-order valence-electron chi connectivity index (χ2n) is 3.86. The SMILES string of the molecule is CC(C)c1cc2cnn(C)c2cc1F. The van der Waals surface area contributed by atoms with Gasteiger partial charge in [-0.25, -0.2) is 4.39 Å². The highest BCUT2D eigenvalue weighted by Gasteiger charge is 2.09. The molecule has 0 saturated carbocycles. The van der Waals surface area contributed by atoms with E-state index in [0.717, 1.165) is 16.5 Å². The first kappa shape index (κ1) is 9.19. The molecule has 1 aromatic heterocycles. The van der Waals surface area contributed by atoms with Crippen molar-refractivity contribution in [2.75, 3.05) is 0 Å². The van der Waals surface area contributed by atoms with Gasteiger partial charge in [-0.1, -0.05) is 13.8 Å². The minimum atomic E-state index is -0.142. The zero-order valence-corrected chi connectivity index (χ0v) is 8.58. The van der Waals surface area contributed by atoms with Crippen molar-refractivity contribution in [3.63, 3.8) is 0 Å². The van der Waals surface area contributed by atoms with Crippen LogP contribution < -0.4 is 0 Å². The van der Waals surface area contributed by atoms with Crippen LogP contribution in [-0.2, 0) is 7.05 Å². The summed E-state index contributed by atoms with van der Waals surface area (Å²) >= 11 is 0. The maximum atomic E-state index is 13.6. The lowest BCUT2D eigenvalue weighted by Crippen LogP contribution is -1.94. The van der Waals surface area contributed by atoms with Crippen LogP contribution in [0.3, 0.4) is 0 Å². The molecule has 2 nitrogen and oxygen atoms in total. The molecule has 0 fully saturated rings. The zero-order chi connectivity index (χ0) is 10.3. The number of benzene rings is 1. The normalized spacial score (nSPS) is 11.5. The molecule has 1 heterocycles. The summed E-state index contributed by atoms with van der Waals surface area (Å²) in [6.07, 6.45) is 1.76. The molecular weight excluding hydrogens is 179 g/mol. The van der Waals surface area contributed by atoms with E-state index < -0.39 is 0 Å². The van der Waals surface area contributed by atoms with Crippen molar-refractivity contribution in [2.45, 2.75) is 19.8 Å². The molecule has 2 rings (SSSR count). The summed E-state index contributed by atoms with van der Waals surface area (Å²) in [6.45, 7) is 3.97. The van der Waals surface area contributed by atoms with Crippen LogP contribution in [0.1, 0.15) is 25.3 Å². The third kappa shape index (κ3) is 1.29. The Balaban J connectivity index is 2.72. The number of hydrogen-bond donors (Lipinski definition) is 0. The van der Waals surface area contributed by atoms with Gasteiger partial charge in [0.05, 0.1) is 11.7 Å². The molecule has 0 aliphatic heterocycles. The summed E-state index contributed by atoms with van der Waals surface area (Å²) < 4.78 is 15.3. The lowest BCUT2D eigenvalue weighted by atomic mass is 10.0. The number of nitrogens with zero attached hydrogens (tertiary/aromatic N) is 2. The van der Waals surface area contributed by atoms with Crippen LogP contribution in [0.5, 0.6) is 0 Å². The topological polar surface area (TPSA) is 17.8 Å². The average molecular weight is 192 g/mol. The number of rotatable bonds is 1. The molecule has 0 saturated heterocycles. The largest absolute Gasteiger partial charge is 0.268 e. The molecule has 74 valence electrons. The fourth-order valence-electron chi connectivity index (χ4n) is 1.63. The van der Waals surface area contributed by atoms with E-state index in [1.165, 1.54) is 0 Å². The van der Waals surface area contributed by atoms with Gasteiger partial charge in [-0.2, -0.15) is 5.10 Å². The minimum absolute atomic E-state index is 0.142. The van der Waals surface area contributed by atoms with Gasteiger partial charge in [0.25, 0.3) is 0 Å². The highest BCUT2D eigenvalue weighted by Crippen LogP contribution is 2.24. The lowest BCUT2D eigenvalue weighted by Gasteiger charge is -2.06. The van der Waals surface area contributed by atoms with Crippen molar-refractivity contribution in [3.8, 4) is 0 Å². The van der Waals surface area contributed by atoms with Gasteiger partial charge in [0.1, 0.15) is 5.82 Å². The Labute approximate surface area is 82.3 Å². The van der Waals surface area contributed by atoms with E-state index >= 15 is 0 Å². The van der Waals surface area contributed by atoms with Crippen LogP contribution in [-0.4, -0.2) is 9.78 Å². The molecule has 0 N–H and O–H groups in total. The molecule has 0 radical (unpaired) electrons. The van der Waals surface area contributed by atoms with Gasteiger partial charge >= 0.3 is 0 Å². The molecule has 2 aromatic rings. The third-order valence-electron chi connectivity index (χ3n) is 2.49. The highest BCUT2D eigenvalue weighted by molar-refractivity contribution is 5.79. The molecule has 0 amide bonds. The Morgan fingerprint density at radius 3 is 2.71 bits per heavy atom. The number of aromatic nitrogens is 2. The van der Waals surface area contributed by atoms with Crippen LogP contribution in [0, 0.1) is 5.82 Å². The Morgan fingerprint density at radius 2 is 2.07 bits per heavy atom. The van der Waals surface area contributed by atoms with Gasteiger partial charge in [-0.3, -0.25) is 4.68 Å². The summed E-state index contributed by atoms with van der Waals surface area (Å²) in [5.74, 6) is 0.0655. The Morgan fingerprint density at radius 1 is 1.36 bits per heavy atom. The first-order chi connectivity index (χ1) is 6.59. The first-order valence-electron chi connectivity index (χ1n) is 4.70. The fraction of sp³-hybridized carbons (Fsp3) is 0.364. The molecule has 0 spiro atoms. The van der Waals surface area contributed by atoms with Crippen molar-refractivity contribution in [1.82, 2.24) is 9.78 Å². The van der Waals surface area contributed by atoms with Crippen molar-refractivity contribution < 1.29 is 4.39 Å². The lowest BCUT2D eigenvalue weighted by molar-refractivity contribution is 0.599. The number of fused-ring (bicyclic) bond motifs is 1. The van der Waals surface area contributed by atoms with E-state index in [1.54, 1.807) is 16.9 Å². The van der Waals surface area contributed by atoms with Crippen LogP contribution in [0.2, 0.25) is 0 Å². The number of halogens is 1. The van der Waals surface area contributed by atoms with Gasteiger partial charge in [-0.05, 0) is 17.5 Å². The van der Waals surface area contributed by atoms with Crippen LogP contribution >= 0.6 is 0 Å². The van der Waals surface area contributed by atoms with E-state index in [4.69, 9.17) is 0 Å². The molecule has 0 unspecified atom stereocenters. The quantitative estimate of drug-likeness (QED) is 0.679. The van der Waals surface area contributed by atoms with E-state index in [1.807, 2.05) is 27.0 Å². The minimum Gasteiger partial charge on any atom is -0.268 e. The van der Waals surface area contributed by atoms with Crippen molar-refractivity contribution in [2.24, 2.45) is 7.05 Å². The van der Waals surface area contributed by atoms with Gasteiger partial charge < -0.3 is 0 Å². The van der Waals surface area contributed by atoms with Crippen molar-refractivity contribution >= 4 is 10.9 Å². The molecule has 0 aliphatic rings. The van der Waals surface area contributed by atoms with E-state index in [0.29, 0.717) is 0 Å². The van der Waals surface area contributed by atoms with Gasteiger partial charge in [0.15, 0.2) is 0 Å². The van der Waals surface area contributed by atoms with Crippen LogP contribution in [0.15, 0.2) is 18.3 Å². The van der Waals surface area contributed by atoms with Crippen molar-refractivity contribution in [1.29, 1.82) is 0 Å². The Hall–Kier alpha value is -1.38. The summed E-state index contributed by atoms with van der Waals surface area (Å²) in [5, 5.41) is 5.09. The standard InChI is InChI=1S/C11H13FN2/c1-7(2)9-4-8-6-13-14(3)11(8)5-10(9)12/h4-7H,1-3H3. The van der Waals surface area contributed by atoms with Crippen LogP contribution in [0.25, 0.3) is 10.9 Å². The van der Waals surface area contributed by atoms with E-state index in [-0.39, 0.29) is 11.7 Å². The third-order valence-corrected chi connectivity index (χ3v) is 2.49. The number of hydrogen-bond acceptors (Lipinski definition) is 1. The molecular formula is C11H13FN2. The molecule has 0 bridgehead atoms. The van der Waals surface area contributed by atoms with E-state index in [9.17, 15) is 4.39 Å². The molecule has 0 atom stereocenters. The van der Waals surface area contributed by atoms with Gasteiger partial charge in [0.2, 0.25) is 0 Å². The zero-order valence-electron chi connectivity index (χ0n) is 8.58. The molecule has 3 heteroatoms. The van der Waals surface area contributed by atoms with Gasteiger partial charge in [0, 0.05) is 18.5 Å². The van der Waals surface area contributed by atoms with E-state index in [2.05, 4.69) is 5.10 Å². The summed E-state index contributed by atoms with van der Waals surface area (Å²) in [5.41, 5.74) is 1.59.